The molecule has 82 valence electrons. The summed E-state index contributed by atoms with van der Waals surface area (Å²) < 4.78 is 5.32. The van der Waals surface area contributed by atoms with Gasteiger partial charge in [0.2, 0.25) is 0 Å². The molecule has 15 heavy (non-hydrogen) atoms. The lowest BCUT2D eigenvalue weighted by Crippen LogP contribution is -2.25. The topological polar surface area (TPSA) is 9.23 Å². The number of methoxy groups -OCH3 is 1. The van der Waals surface area contributed by atoms with Crippen LogP contribution < -0.4 is 0 Å². The van der Waals surface area contributed by atoms with E-state index in [9.17, 15) is 0 Å². The van der Waals surface area contributed by atoms with Crippen LogP contribution in [0.15, 0.2) is 18.2 Å². The van der Waals surface area contributed by atoms with Gasteiger partial charge >= 0.3 is 0 Å². The molecule has 1 aromatic rings. The largest absolute Gasteiger partial charge is 0.384 e. The standard InChI is InChI=1S/C14H20O/c1-14(2,10-15-3)13-9-5-7-11-6-4-8-12(11)13/h5,7,9H,4,6,8,10H2,1-3H3. The summed E-state index contributed by atoms with van der Waals surface area (Å²) in [5.74, 6) is 0. The highest BCUT2D eigenvalue weighted by Gasteiger charge is 2.26. The van der Waals surface area contributed by atoms with Gasteiger partial charge in [-0.15, -0.1) is 0 Å². The molecule has 1 aromatic carbocycles. The second-order valence-electron chi connectivity index (χ2n) is 5.11. The van der Waals surface area contributed by atoms with Crippen LogP contribution in [0.2, 0.25) is 0 Å². The smallest absolute Gasteiger partial charge is 0.0553 e. The Bertz CT molecular complexity index is 352. The van der Waals surface area contributed by atoms with E-state index in [4.69, 9.17) is 4.74 Å². The summed E-state index contributed by atoms with van der Waals surface area (Å²) in [5.41, 5.74) is 4.76. The number of ether oxygens (including phenoxy) is 1. The second kappa shape index (κ2) is 3.97. The van der Waals surface area contributed by atoms with Crippen LogP contribution in [-0.4, -0.2) is 13.7 Å². The third-order valence-corrected chi connectivity index (χ3v) is 3.38. The van der Waals surface area contributed by atoms with Crippen LogP contribution in [0.4, 0.5) is 0 Å². The third-order valence-electron chi connectivity index (χ3n) is 3.38. The van der Waals surface area contributed by atoms with Gasteiger partial charge in [0.15, 0.2) is 0 Å². The van der Waals surface area contributed by atoms with E-state index in [2.05, 4.69) is 32.0 Å². The summed E-state index contributed by atoms with van der Waals surface area (Å²) in [5, 5.41) is 0. The summed E-state index contributed by atoms with van der Waals surface area (Å²) in [4.78, 5) is 0. The molecule has 1 aliphatic carbocycles. The van der Waals surface area contributed by atoms with Gasteiger partial charge in [0.05, 0.1) is 6.61 Å². The Labute approximate surface area is 92.5 Å². The van der Waals surface area contributed by atoms with Crippen molar-refractivity contribution in [2.24, 2.45) is 0 Å². The molecule has 0 amide bonds. The lowest BCUT2D eigenvalue weighted by atomic mass is 9.81. The predicted octanol–water partition coefficient (Wildman–Crippen LogP) is 3.10. The predicted molar refractivity (Wildman–Crippen MR) is 63.4 cm³/mol. The molecule has 0 N–H and O–H groups in total. The van der Waals surface area contributed by atoms with E-state index in [1.165, 1.54) is 24.8 Å². The van der Waals surface area contributed by atoms with Crippen molar-refractivity contribution in [3.63, 3.8) is 0 Å². The summed E-state index contributed by atoms with van der Waals surface area (Å²) in [7, 11) is 1.78. The Morgan fingerprint density at radius 3 is 2.80 bits per heavy atom. The number of fused-ring (bicyclic) bond motifs is 1. The fraction of sp³-hybridized carbons (Fsp3) is 0.571. The fourth-order valence-electron chi connectivity index (χ4n) is 2.69. The van der Waals surface area contributed by atoms with Gasteiger partial charge in [0, 0.05) is 12.5 Å². The Balaban J connectivity index is 2.40. The summed E-state index contributed by atoms with van der Waals surface area (Å²) >= 11 is 0. The Morgan fingerprint density at radius 2 is 2.07 bits per heavy atom. The molecule has 0 fully saturated rings. The van der Waals surface area contributed by atoms with Gasteiger partial charge in [0.25, 0.3) is 0 Å². The van der Waals surface area contributed by atoms with Gasteiger partial charge in [-0.2, -0.15) is 0 Å². The molecule has 0 unspecified atom stereocenters. The minimum Gasteiger partial charge on any atom is -0.384 e. The van der Waals surface area contributed by atoms with Gasteiger partial charge < -0.3 is 4.74 Å². The van der Waals surface area contributed by atoms with Gasteiger partial charge in [-0.1, -0.05) is 32.0 Å². The SMILES string of the molecule is COCC(C)(C)c1cccc2c1CCC2. The molecule has 0 saturated carbocycles. The first kappa shape index (κ1) is 10.7. The maximum atomic E-state index is 5.32. The zero-order valence-corrected chi connectivity index (χ0v) is 9.97. The average molecular weight is 204 g/mol. The van der Waals surface area contributed by atoms with Gasteiger partial charge in [-0.25, -0.2) is 0 Å². The minimum absolute atomic E-state index is 0.143. The van der Waals surface area contributed by atoms with Crippen molar-refractivity contribution in [2.45, 2.75) is 38.5 Å². The molecular weight excluding hydrogens is 184 g/mol. The molecule has 1 aliphatic rings. The molecule has 0 aromatic heterocycles. The highest BCUT2D eigenvalue weighted by atomic mass is 16.5. The van der Waals surface area contributed by atoms with Gasteiger partial charge in [0.1, 0.15) is 0 Å². The van der Waals surface area contributed by atoms with Crippen molar-refractivity contribution < 1.29 is 4.74 Å². The van der Waals surface area contributed by atoms with E-state index >= 15 is 0 Å². The average Bonchev–Trinajstić information content (AvgIpc) is 2.64. The number of hydrogen-bond acceptors (Lipinski definition) is 1. The first-order chi connectivity index (χ1) is 7.15. The number of hydrogen-bond donors (Lipinski definition) is 0. The fourth-order valence-corrected chi connectivity index (χ4v) is 2.69. The molecule has 1 heteroatoms. The molecular formula is C14H20O. The zero-order chi connectivity index (χ0) is 10.9. The maximum absolute atomic E-state index is 5.32. The van der Waals surface area contributed by atoms with Crippen molar-refractivity contribution in [2.75, 3.05) is 13.7 Å². The summed E-state index contributed by atoms with van der Waals surface area (Å²) in [6.45, 7) is 5.33. The van der Waals surface area contributed by atoms with Crippen molar-refractivity contribution in [3.8, 4) is 0 Å². The minimum atomic E-state index is 0.143. The van der Waals surface area contributed by atoms with Crippen LogP contribution in [0.25, 0.3) is 0 Å². The van der Waals surface area contributed by atoms with Crippen LogP contribution in [-0.2, 0) is 23.0 Å². The highest BCUT2D eigenvalue weighted by molar-refractivity contribution is 5.42. The Morgan fingerprint density at radius 1 is 1.27 bits per heavy atom. The molecule has 0 saturated heterocycles. The lowest BCUT2D eigenvalue weighted by Gasteiger charge is -2.27. The molecule has 2 rings (SSSR count). The Kier molecular flexibility index (Phi) is 2.83. The number of rotatable bonds is 3. The lowest BCUT2D eigenvalue weighted by molar-refractivity contribution is 0.146. The quantitative estimate of drug-likeness (QED) is 0.735. The normalized spacial score (nSPS) is 15.4. The van der Waals surface area contributed by atoms with E-state index < -0.39 is 0 Å². The van der Waals surface area contributed by atoms with E-state index in [1.807, 2.05) is 0 Å². The van der Waals surface area contributed by atoms with Crippen LogP contribution in [0, 0.1) is 0 Å². The number of benzene rings is 1. The summed E-state index contributed by atoms with van der Waals surface area (Å²) in [6, 6.07) is 6.73. The first-order valence-electron chi connectivity index (χ1n) is 5.75. The third kappa shape index (κ3) is 1.93. The molecule has 0 spiro atoms. The van der Waals surface area contributed by atoms with E-state index in [0.29, 0.717) is 0 Å². The molecule has 0 bridgehead atoms. The van der Waals surface area contributed by atoms with Crippen LogP contribution >= 0.6 is 0 Å². The van der Waals surface area contributed by atoms with Crippen molar-refractivity contribution in [1.29, 1.82) is 0 Å². The van der Waals surface area contributed by atoms with Crippen molar-refractivity contribution in [1.82, 2.24) is 0 Å². The first-order valence-corrected chi connectivity index (χ1v) is 5.75. The monoisotopic (exact) mass is 204 g/mol. The highest BCUT2D eigenvalue weighted by Crippen LogP contribution is 2.33. The zero-order valence-electron chi connectivity index (χ0n) is 9.97. The van der Waals surface area contributed by atoms with Crippen molar-refractivity contribution in [3.05, 3.63) is 34.9 Å². The van der Waals surface area contributed by atoms with Crippen LogP contribution in [0.3, 0.4) is 0 Å². The Hall–Kier alpha value is -0.820. The molecule has 0 radical (unpaired) electrons. The van der Waals surface area contributed by atoms with E-state index in [0.717, 1.165) is 6.61 Å². The van der Waals surface area contributed by atoms with Gasteiger partial charge in [-0.05, 0) is 36.0 Å². The van der Waals surface area contributed by atoms with Gasteiger partial charge in [-0.3, -0.25) is 0 Å². The summed E-state index contributed by atoms with van der Waals surface area (Å²) in [6.07, 6.45) is 3.82. The molecule has 1 nitrogen and oxygen atoms in total. The van der Waals surface area contributed by atoms with Crippen LogP contribution in [0.1, 0.15) is 37.0 Å². The van der Waals surface area contributed by atoms with E-state index in [-0.39, 0.29) is 5.41 Å². The van der Waals surface area contributed by atoms with Crippen LogP contribution in [0.5, 0.6) is 0 Å². The maximum Gasteiger partial charge on any atom is 0.0553 e. The van der Waals surface area contributed by atoms with E-state index in [1.54, 1.807) is 18.2 Å². The molecule has 0 aliphatic heterocycles. The molecule has 0 heterocycles. The number of aryl methyl sites for hydroxylation is 1. The molecule has 0 atom stereocenters. The second-order valence-corrected chi connectivity index (χ2v) is 5.11. The van der Waals surface area contributed by atoms with Crippen molar-refractivity contribution >= 4 is 0 Å².